The summed E-state index contributed by atoms with van der Waals surface area (Å²) in [6.45, 7) is 0.454. The SMILES string of the molecule is NCCc1cc(=O)[nH]c(=O)n1C1CC1. The van der Waals surface area contributed by atoms with Crippen molar-refractivity contribution < 1.29 is 0 Å². The molecule has 1 saturated carbocycles. The van der Waals surface area contributed by atoms with Crippen molar-refractivity contribution >= 4 is 0 Å². The minimum Gasteiger partial charge on any atom is -0.330 e. The molecule has 0 saturated heterocycles. The average molecular weight is 195 g/mol. The zero-order valence-corrected chi connectivity index (χ0v) is 7.82. The minimum absolute atomic E-state index is 0.279. The predicted octanol–water partition coefficient (Wildman–Crippen LogP) is -0.627. The van der Waals surface area contributed by atoms with Crippen LogP contribution in [0.3, 0.4) is 0 Å². The summed E-state index contributed by atoms with van der Waals surface area (Å²) < 4.78 is 1.66. The Hall–Kier alpha value is -1.36. The van der Waals surface area contributed by atoms with Crippen LogP contribution in [0.4, 0.5) is 0 Å². The predicted molar refractivity (Wildman–Crippen MR) is 52.4 cm³/mol. The molecule has 3 N–H and O–H groups in total. The van der Waals surface area contributed by atoms with Gasteiger partial charge in [-0.15, -0.1) is 0 Å². The van der Waals surface area contributed by atoms with E-state index in [1.165, 1.54) is 6.07 Å². The number of aromatic nitrogens is 2. The first kappa shape index (κ1) is 9.21. The van der Waals surface area contributed by atoms with Crippen molar-refractivity contribution in [3.05, 3.63) is 32.6 Å². The highest BCUT2D eigenvalue weighted by atomic mass is 16.2. The number of hydrogen-bond acceptors (Lipinski definition) is 3. The molecular weight excluding hydrogens is 182 g/mol. The van der Waals surface area contributed by atoms with Gasteiger partial charge in [0, 0.05) is 24.2 Å². The molecule has 0 spiro atoms. The van der Waals surface area contributed by atoms with Crippen molar-refractivity contribution in [1.82, 2.24) is 9.55 Å². The Morgan fingerprint density at radius 3 is 2.79 bits per heavy atom. The molecule has 1 heterocycles. The molecule has 0 radical (unpaired) electrons. The number of nitrogens with two attached hydrogens (primary N) is 1. The molecule has 5 heteroatoms. The molecule has 1 aromatic rings. The van der Waals surface area contributed by atoms with E-state index in [-0.39, 0.29) is 17.3 Å². The van der Waals surface area contributed by atoms with Crippen LogP contribution in [-0.4, -0.2) is 16.1 Å². The smallest absolute Gasteiger partial charge is 0.328 e. The fourth-order valence-corrected chi connectivity index (χ4v) is 1.63. The Morgan fingerprint density at radius 2 is 2.21 bits per heavy atom. The van der Waals surface area contributed by atoms with Crippen LogP contribution in [0.2, 0.25) is 0 Å². The van der Waals surface area contributed by atoms with E-state index < -0.39 is 0 Å². The minimum atomic E-state index is -0.338. The van der Waals surface area contributed by atoms with Gasteiger partial charge in [0.05, 0.1) is 0 Å². The molecule has 0 unspecified atom stereocenters. The van der Waals surface area contributed by atoms with Crippen molar-refractivity contribution in [3.63, 3.8) is 0 Å². The van der Waals surface area contributed by atoms with E-state index >= 15 is 0 Å². The van der Waals surface area contributed by atoms with Gasteiger partial charge >= 0.3 is 5.69 Å². The van der Waals surface area contributed by atoms with Gasteiger partial charge in [-0.25, -0.2) is 4.79 Å². The third-order valence-electron chi connectivity index (χ3n) is 2.37. The summed E-state index contributed by atoms with van der Waals surface area (Å²) in [5, 5.41) is 0. The van der Waals surface area contributed by atoms with Gasteiger partial charge in [0.2, 0.25) is 0 Å². The second-order valence-electron chi connectivity index (χ2n) is 3.57. The molecule has 14 heavy (non-hydrogen) atoms. The van der Waals surface area contributed by atoms with E-state index in [0.717, 1.165) is 18.5 Å². The van der Waals surface area contributed by atoms with Crippen molar-refractivity contribution in [3.8, 4) is 0 Å². The largest absolute Gasteiger partial charge is 0.330 e. The lowest BCUT2D eigenvalue weighted by Gasteiger charge is -2.09. The molecule has 1 aliphatic carbocycles. The summed E-state index contributed by atoms with van der Waals surface area (Å²) in [5.74, 6) is 0. The van der Waals surface area contributed by atoms with Gasteiger partial charge < -0.3 is 5.73 Å². The van der Waals surface area contributed by atoms with Crippen LogP contribution in [0, 0.1) is 0 Å². The van der Waals surface area contributed by atoms with Crippen LogP contribution in [0.15, 0.2) is 15.7 Å². The molecule has 0 aliphatic heterocycles. The first-order valence-electron chi connectivity index (χ1n) is 4.77. The number of aromatic amines is 1. The van der Waals surface area contributed by atoms with Crippen LogP contribution in [0.5, 0.6) is 0 Å². The number of nitrogens with zero attached hydrogens (tertiary/aromatic N) is 1. The summed E-state index contributed by atoms with van der Waals surface area (Å²) >= 11 is 0. The maximum Gasteiger partial charge on any atom is 0.328 e. The number of H-pyrrole nitrogens is 1. The van der Waals surface area contributed by atoms with Crippen molar-refractivity contribution in [2.75, 3.05) is 6.54 Å². The van der Waals surface area contributed by atoms with Gasteiger partial charge in [0.15, 0.2) is 0 Å². The summed E-state index contributed by atoms with van der Waals surface area (Å²) in [6, 6.07) is 1.74. The van der Waals surface area contributed by atoms with E-state index in [2.05, 4.69) is 4.98 Å². The highest BCUT2D eigenvalue weighted by molar-refractivity contribution is 5.06. The van der Waals surface area contributed by atoms with Crippen molar-refractivity contribution in [2.24, 2.45) is 5.73 Å². The average Bonchev–Trinajstić information content (AvgIpc) is 2.87. The molecule has 1 aliphatic rings. The molecular formula is C9H13N3O2. The van der Waals surface area contributed by atoms with Gasteiger partial charge in [0.1, 0.15) is 0 Å². The molecule has 1 aromatic heterocycles. The maximum absolute atomic E-state index is 11.5. The monoisotopic (exact) mass is 195 g/mol. The van der Waals surface area contributed by atoms with E-state index in [0.29, 0.717) is 13.0 Å². The standard InChI is InChI=1S/C9H13N3O2/c10-4-3-7-5-8(13)11-9(14)12(7)6-1-2-6/h5-6H,1-4,10H2,(H,11,13,14). The first-order chi connectivity index (χ1) is 6.72. The van der Waals surface area contributed by atoms with Crippen molar-refractivity contribution in [1.29, 1.82) is 0 Å². The molecule has 1 fully saturated rings. The van der Waals surface area contributed by atoms with Crippen molar-refractivity contribution in [2.45, 2.75) is 25.3 Å². The summed E-state index contributed by atoms with van der Waals surface area (Å²) in [4.78, 5) is 24.8. The normalized spacial score (nSPS) is 15.8. The van der Waals surface area contributed by atoms with Gasteiger partial charge in [-0.05, 0) is 19.4 Å². The van der Waals surface area contributed by atoms with Gasteiger partial charge in [-0.2, -0.15) is 0 Å². The van der Waals surface area contributed by atoms with Crippen LogP contribution < -0.4 is 17.0 Å². The van der Waals surface area contributed by atoms with Crippen LogP contribution >= 0.6 is 0 Å². The van der Waals surface area contributed by atoms with Crippen LogP contribution in [0.1, 0.15) is 24.6 Å². The van der Waals surface area contributed by atoms with Gasteiger partial charge in [-0.3, -0.25) is 14.3 Å². The Labute approximate surface area is 80.6 Å². The second kappa shape index (κ2) is 3.42. The molecule has 0 amide bonds. The van der Waals surface area contributed by atoms with Gasteiger partial charge in [-0.1, -0.05) is 0 Å². The lowest BCUT2D eigenvalue weighted by Crippen LogP contribution is -2.32. The Balaban J connectivity index is 2.53. The molecule has 2 rings (SSSR count). The zero-order chi connectivity index (χ0) is 10.1. The highest BCUT2D eigenvalue weighted by Gasteiger charge is 2.26. The Morgan fingerprint density at radius 1 is 1.50 bits per heavy atom. The van der Waals surface area contributed by atoms with Crippen LogP contribution in [-0.2, 0) is 6.42 Å². The van der Waals surface area contributed by atoms with E-state index in [9.17, 15) is 9.59 Å². The summed E-state index contributed by atoms with van der Waals surface area (Å²) in [6.07, 6.45) is 2.61. The molecule has 0 aromatic carbocycles. The second-order valence-corrected chi connectivity index (χ2v) is 3.57. The zero-order valence-electron chi connectivity index (χ0n) is 7.82. The molecule has 0 atom stereocenters. The lowest BCUT2D eigenvalue weighted by molar-refractivity contribution is 0.629. The van der Waals surface area contributed by atoms with E-state index in [1.807, 2.05) is 0 Å². The summed E-state index contributed by atoms with van der Waals surface area (Å²) in [5.41, 5.74) is 5.54. The number of hydrogen-bond donors (Lipinski definition) is 2. The topological polar surface area (TPSA) is 80.9 Å². The van der Waals surface area contributed by atoms with E-state index in [1.54, 1.807) is 4.57 Å². The molecule has 76 valence electrons. The third kappa shape index (κ3) is 1.63. The quantitative estimate of drug-likeness (QED) is 0.674. The van der Waals surface area contributed by atoms with Gasteiger partial charge in [0.25, 0.3) is 5.56 Å². The highest BCUT2D eigenvalue weighted by Crippen LogP contribution is 2.34. The third-order valence-corrected chi connectivity index (χ3v) is 2.37. The fourth-order valence-electron chi connectivity index (χ4n) is 1.63. The fraction of sp³-hybridized carbons (Fsp3) is 0.556. The van der Waals surface area contributed by atoms with Crippen LogP contribution in [0.25, 0.3) is 0 Å². The molecule has 0 bridgehead atoms. The first-order valence-corrected chi connectivity index (χ1v) is 4.77. The summed E-state index contributed by atoms with van der Waals surface area (Å²) in [7, 11) is 0. The molecule has 5 nitrogen and oxygen atoms in total. The lowest BCUT2D eigenvalue weighted by atomic mass is 10.3. The van der Waals surface area contributed by atoms with E-state index in [4.69, 9.17) is 5.73 Å². The Bertz CT molecular complexity index is 442. The number of nitrogens with one attached hydrogen (secondary N) is 1. The number of rotatable bonds is 3. The Kier molecular flexibility index (Phi) is 2.25. The maximum atomic E-state index is 11.5.